The largest absolute Gasteiger partial charge is 0.370 e. The summed E-state index contributed by atoms with van der Waals surface area (Å²) in [6, 6.07) is 13.9. The van der Waals surface area contributed by atoms with Crippen LogP contribution < -0.4 is 0 Å². The number of hydrogen-bond donors (Lipinski definition) is 0. The van der Waals surface area contributed by atoms with E-state index in [1.807, 2.05) is 0 Å². The van der Waals surface area contributed by atoms with Crippen molar-refractivity contribution in [2.24, 2.45) is 0 Å². The molecule has 0 aliphatic heterocycles. The molecule has 0 unspecified atom stereocenters. The lowest BCUT2D eigenvalue weighted by Gasteiger charge is -2.43. The van der Waals surface area contributed by atoms with Crippen LogP contribution in [0.4, 0.5) is 0 Å². The molecule has 2 aromatic carbocycles. The molecule has 0 N–H and O–H groups in total. The fourth-order valence-electron chi connectivity index (χ4n) is 3.13. The highest BCUT2D eigenvalue weighted by atomic mass is 35.5. The van der Waals surface area contributed by atoms with Gasteiger partial charge in [-0.1, -0.05) is 46.7 Å². The highest BCUT2D eigenvalue weighted by molar-refractivity contribution is 8.32. The molecule has 12 heteroatoms. The van der Waals surface area contributed by atoms with Gasteiger partial charge in [-0.05, 0) is 104 Å². The fourth-order valence-corrected chi connectivity index (χ4v) is 14.0. The van der Waals surface area contributed by atoms with Gasteiger partial charge in [0.2, 0.25) is 0 Å². The van der Waals surface area contributed by atoms with E-state index in [4.69, 9.17) is 41.3 Å². The third kappa shape index (κ3) is 9.01. The highest BCUT2D eigenvalue weighted by Gasteiger charge is 2.68. The van der Waals surface area contributed by atoms with Gasteiger partial charge in [0.25, 0.3) is 3.56 Å². The Bertz CT molecular complexity index is 980. The number of halogens is 2. The summed E-state index contributed by atoms with van der Waals surface area (Å²) in [5, 5.41) is 1.06. The quantitative estimate of drug-likeness (QED) is 0.116. The zero-order valence-electron chi connectivity index (χ0n) is 22.3. The molecular formula is C25H36Cl2O6P2S2. The Morgan fingerprint density at radius 3 is 1.03 bits per heavy atom. The number of rotatable bonds is 14. The molecule has 0 aromatic heterocycles. The Morgan fingerprint density at radius 1 is 0.568 bits per heavy atom. The maximum absolute atomic E-state index is 15.1. The topological polar surface area (TPSA) is 71.1 Å². The molecule has 0 atom stereocenters. The van der Waals surface area contributed by atoms with Crippen molar-refractivity contribution in [1.29, 1.82) is 0 Å². The minimum absolute atomic E-state index is 0.521. The highest BCUT2D eigenvalue weighted by Crippen LogP contribution is 2.88. The van der Waals surface area contributed by atoms with Gasteiger partial charge in [-0.15, -0.1) is 0 Å². The van der Waals surface area contributed by atoms with Crippen molar-refractivity contribution in [1.82, 2.24) is 0 Å². The molecule has 0 saturated heterocycles. The van der Waals surface area contributed by atoms with E-state index < -0.39 is 43.2 Å². The standard InChI is InChI=1S/C25H36Cl2O6P2S2/c1-17(2)30-34(28,31-18(3)4)25(36-23-13-9-21(26)10-14-23,37-24-15-11-22(27)12-16-24)35(29,32-19(5)6)33-20(7)8/h9-20H,1-8H3. The van der Waals surface area contributed by atoms with Crippen LogP contribution in [0.15, 0.2) is 58.3 Å². The Labute approximate surface area is 239 Å². The van der Waals surface area contributed by atoms with Crippen molar-refractivity contribution in [3.63, 3.8) is 0 Å². The smallest absolute Gasteiger partial charge is 0.304 e. The third-order valence-corrected chi connectivity index (χ3v) is 16.2. The van der Waals surface area contributed by atoms with Gasteiger partial charge in [0.1, 0.15) is 0 Å². The molecule has 0 spiro atoms. The van der Waals surface area contributed by atoms with Crippen molar-refractivity contribution in [3.05, 3.63) is 58.6 Å². The van der Waals surface area contributed by atoms with E-state index in [0.29, 0.717) is 19.8 Å². The van der Waals surface area contributed by atoms with Gasteiger partial charge in [-0.3, -0.25) is 9.13 Å². The summed E-state index contributed by atoms with van der Waals surface area (Å²) >= 11 is 14.4. The minimum Gasteiger partial charge on any atom is -0.304 e. The first-order chi connectivity index (χ1) is 17.1. The van der Waals surface area contributed by atoms with Crippen molar-refractivity contribution in [3.8, 4) is 0 Å². The van der Waals surface area contributed by atoms with Crippen LogP contribution >= 0.6 is 61.9 Å². The molecule has 0 radical (unpaired) electrons. The lowest BCUT2D eigenvalue weighted by molar-refractivity contribution is 0.126. The number of thioether (sulfide) groups is 2. The molecule has 0 aliphatic carbocycles. The summed E-state index contributed by atoms with van der Waals surface area (Å²) in [7, 11) is -8.63. The summed E-state index contributed by atoms with van der Waals surface area (Å²) in [4.78, 5) is 1.26. The third-order valence-electron chi connectivity index (χ3n) is 4.22. The van der Waals surface area contributed by atoms with Crippen LogP contribution in [0.1, 0.15) is 55.4 Å². The van der Waals surface area contributed by atoms with Gasteiger partial charge in [-0.2, -0.15) is 0 Å². The second-order valence-electron chi connectivity index (χ2n) is 9.27. The first kappa shape index (κ1) is 33.2. The van der Waals surface area contributed by atoms with Crippen molar-refractivity contribution in [2.75, 3.05) is 0 Å². The molecule has 6 nitrogen and oxygen atoms in total. The molecule has 208 valence electrons. The summed E-state index contributed by atoms with van der Waals surface area (Å²) < 4.78 is 52.9. The monoisotopic (exact) mass is 628 g/mol. The molecule has 0 fully saturated rings. The van der Waals surface area contributed by atoms with Gasteiger partial charge in [-0.25, -0.2) is 0 Å². The van der Waals surface area contributed by atoms with Crippen LogP contribution in [-0.2, 0) is 27.2 Å². The van der Waals surface area contributed by atoms with Crippen LogP contribution in [0.5, 0.6) is 0 Å². The van der Waals surface area contributed by atoms with E-state index in [1.54, 1.807) is 104 Å². The van der Waals surface area contributed by atoms with Crippen LogP contribution in [0.3, 0.4) is 0 Å². The van der Waals surface area contributed by atoms with E-state index in [0.717, 1.165) is 23.5 Å². The molecule has 2 aromatic rings. The average molecular weight is 630 g/mol. The zero-order valence-corrected chi connectivity index (χ0v) is 27.3. The molecule has 0 bridgehead atoms. The first-order valence-electron chi connectivity index (χ1n) is 11.9. The lowest BCUT2D eigenvalue weighted by atomic mass is 10.4. The normalized spacial score (nSPS) is 13.4. The summed E-state index contributed by atoms with van der Waals surface area (Å²) in [6.07, 6.45) is -2.08. The van der Waals surface area contributed by atoms with Crippen molar-refractivity contribution in [2.45, 2.75) is 93.2 Å². The predicted molar refractivity (Wildman–Crippen MR) is 157 cm³/mol. The fraction of sp³-hybridized carbons (Fsp3) is 0.520. The lowest BCUT2D eigenvalue weighted by Crippen LogP contribution is -2.30. The van der Waals surface area contributed by atoms with E-state index in [1.165, 1.54) is 0 Å². The van der Waals surface area contributed by atoms with Gasteiger partial charge in [0, 0.05) is 19.8 Å². The molecular weight excluding hydrogens is 593 g/mol. The Hall–Kier alpha value is 0.0200. The van der Waals surface area contributed by atoms with Gasteiger partial charge in [0.15, 0.2) is 0 Å². The molecule has 0 heterocycles. The zero-order chi connectivity index (χ0) is 28.0. The molecule has 37 heavy (non-hydrogen) atoms. The number of benzene rings is 2. The van der Waals surface area contributed by atoms with E-state index in [9.17, 15) is 0 Å². The average Bonchev–Trinajstić information content (AvgIpc) is 2.73. The van der Waals surface area contributed by atoms with Crippen LogP contribution in [0, 0.1) is 0 Å². The Balaban J connectivity index is 2.99. The van der Waals surface area contributed by atoms with Gasteiger partial charge >= 0.3 is 15.2 Å². The van der Waals surface area contributed by atoms with Crippen molar-refractivity contribution < 1.29 is 27.2 Å². The van der Waals surface area contributed by atoms with Crippen LogP contribution in [0.2, 0.25) is 10.0 Å². The Morgan fingerprint density at radius 2 is 0.811 bits per heavy atom. The molecule has 0 amide bonds. The molecule has 2 rings (SSSR count). The Kier molecular flexibility index (Phi) is 12.6. The molecule has 0 saturated carbocycles. The predicted octanol–water partition coefficient (Wildman–Crippen LogP) is 10.6. The molecule has 0 aliphatic rings. The minimum atomic E-state index is -4.31. The summed E-state index contributed by atoms with van der Waals surface area (Å²) in [5.74, 6) is 0. The van der Waals surface area contributed by atoms with Gasteiger partial charge in [0.05, 0.1) is 24.4 Å². The van der Waals surface area contributed by atoms with Crippen LogP contribution in [-0.4, -0.2) is 28.0 Å². The second-order valence-corrected chi connectivity index (χ2v) is 18.7. The maximum Gasteiger partial charge on any atom is 0.370 e. The van der Waals surface area contributed by atoms with Gasteiger partial charge < -0.3 is 18.1 Å². The van der Waals surface area contributed by atoms with Crippen molar-refractivity contribution >= 4 is 61.9 Å². The van der Waals surface area contributed by atoms with Crippen LogP contribution in [0.25, 0.3) is 0 Å². The summed E-state index contributed by atoms with van der Waals surface area (Å²) in [6.45, 7) is 14.0. The van der Waals surface area contributed by atoms with E-state index >= 15 is 9.13 Å². The maximum atomic E-state index is 15.1. The second kappa shape index (κ2) is 14.1. The number of hydrogen-bond acceptors (Lipinski definition) is 8. The first-order valence-corrected chi connectivity index (χ1v) is 17.4. The SMILES string of the molecule is CC(C)OP(=O)(OC(C)C)C(Sc1ccc(Cl)cc1)(Sc1ccc(Cl)cc1)P(=O)(OC(C)C)OC(C)C. The summed E-state index contributed by atoms with van der Waals surface area (Å²) in [5.41, 5.74) is 0. The van der Waals surface area contributed by atoms with E-state index in [2.05, 4.69) is 0 Å². The van der Waals surface area contributed by atoms with E-state index in [-0.39, 0.29) is 0 Å².